The maximum atomic E-state index is 13.0. The molecule has 5 rings (SSSR count). The first-order valence-corrected chi connectivity index (χ1v) is 11.4. The molecule has 172 valence electrons. The first-order valence-electron chi connectivity index (χ1n) is 11.4. The summed E-state index contributed by atoms with van der Waals surface area (Å²) in [5.41, 5.74) is 4.53. The summed E-state index contributed by atoms with van der Waals surface area (Å²) in [6.07, 6.45) is 1.59. The summed E-state index contributed by atoms with van der Waals surface area (Å²) in [6, 6.07) is 22.5. The van der Waals surface area contributed by atoms with Crippen LogP contribution in [0.4, 0.5) is 11.4 Å². The van der Waals surface area contributed by atoms with E-state index in [1.165, 1.54) is 4.90 Å². The highest BCUT2D eigenvalue weighted by Crippen LogP contribution is 2.33. The minimum Gasteiger partial charge on any atom is -0.482 e. The number of para-hydroxylation sites is 4. The number of benzene rings is 3. The van der Waals surface area contributed by atoms with Gasteiger partial charge in [0, 0.05) is 19.2 Å². The molecule has 0 unspecified atom stereocenters. The highest BCUT2D eigenvalue weighted by Gasteiger charge is 2.32. The zero-order valence-corrected chi connectivity index (χ0v) is 19.2. The Morgan fingerprint density at radius 2 is 1.85 bits per heavy atom. The van der Waals surface area contributed by atoms with Crippen LogP contribution in [0.15, 0.2) is 72.8 Å². The van der Waals surface area contributed by atoms with Crippen molar-refractivity contribution in [1.29, 1.82) is 0 Å². The van der Waals surface area contributed by atoms with E-state index in [1.54, 1.807) is 19.1 Å². The van der Waals surface area contributed by atoms with Gasteiger partial charge >= 0.3 is 0 Å². The molecule has 1 atom stereocenters. The van der Waals surface area contributed by atoms with Crippen LogP contribution >= 0.6 is 0 Å². The molecule has 1 aliphatic heterocycles. The third-order valence-electron chi connectivity index (χ3n) is 6.22. The predicted molar refractivity (Wildman–Crippen MR) is 132 cm³/mol. The van der Waals surface area contributed by atoms with Crippen LogP contribution in [0.2, 0.25) is 0 Å². The second kappa shape index (κ2) is 9.02. The summed E-state index contributed by atoms with van der Waals surface area (Å²) in [5, 5.41) is 2.97. The number of rotatable bonds is 6. The highest BCUT2D eigenvalue weighted by atomic mass is 16.5. The molecule has 0 fully saturated rings. The average molecular weight is 455 g/mol. The number of nitrogens with zero attached hydrogens (tertiary/aromatic N) is 3. The van der Waals surface area contributed by atoms with E-state index in [0.717, 1.165) is 35.3 Å². The Hall–Kier alpha value is -4.13. The number of imidazole rings is 1. The smallest absolute Gasteiger partial charge is 0.265 e. The van der Waals surface area contributed by atoms with Gasteiger partial charge in [0.1, 0.15) is 17.6 Å². The maximum absolute atomic E-state index is 13.0. The number of ether oxygens (including phenoxy) is 1. The third kappa shape index (κ3) is 4.12. The second-order valence-electron chi connectivity index (χ2n) is 8.46. The molecular weight excluding hydrogens is 428 g/mol. The van der Waals surface area contributed by atoms with Crippen LogP contribution in [0.1, 0.15) is 18.3 Å². The van der Waals surface area contributed by atoms with E-state index in [1.807, 2.05) is 61.6 Å². The van der Waals surface area contributed by atoms with Crippen LogP contribution in [0, 0.1) is 0 Å². The summed E-state index contributed by atoms with van der Waals surface area (Å²) in [7, 11) is 2.04. The van der Waals surface area contributed by atoms with Crippen molar-refractivity contribution in [3.8, 4) is 5.75 Å². The van der Waals surface area contributed by atoms with Gasteiger partial charge in [0.25, 0.3) is 5.91 Å². The van der Waals surface area contributed by atoms with E-state index < -0.39 is 6.04 Å². The lowest BCUT2D eigenvalue weighted by Gasteiger charge is -2.33. The van der Waals surface area contributed by atoms with Crippen LogP contribution < -0.4 is 15.0 Å². The van der Waals surface area contributed by atoms with E-state index in [0.29, 0.717) is 17.1 Å². The summed E-state index contributed by atoms with van der Waals surface area (Å²) < 4.78 is 7.62. The van der Waals surface area contributed by atoms with Gasteiger partial charge in [-0.15, -0.1) is 0 Å². The molecule has 34 heavy (non-hydrogen) atoms. The van der Waals surface area contributed by atoms with Crippen LogP contribution in [0.5, 0.6) is 5.75 Å². The van der Waals surface area contributed by atoms with Gasteiger partial charge in [0.15, 0.2) is 6.61 Å². The molecular formula is C27H26N4O3. The average Bonchev–Trinajstić information content (AvgIpc) is 3.18. The number of aromatic nitrogens is 2. The van der Waals surface area contributed by atoms with Crippen molar-refractivity contribution in [2.75, 3.05) is 16.8 Å². The molecule has 3 aromatic carbocycles. The predicted octanol–water partition coefficient (Wildman–Crippen LogP) is 4.11. The molecule has 1 aromatic heterocycles. The van der Waals surface area contributed by atoms with Gasteiger partial charge in [0.05, 0.1) is 16.7 Å². The second-order valence-corrected chi connectivity index (χ2v) is 8.46. The monoisotopic (exact) mass is 454 g/mol. The van der Waals surface area contributed by atoms with E-state index in [-0.39, 0.29) is 18.4 Å². The Labute approximate surface area is 198 Å². The number of carbonyl (C=O) groups is 2. The van der Waals surface area contributed by atoms with Crippen molar-refractivity contribution in [2.24, 2.45) is 7.05 Å². The Balaban J connectivity index is 1.28. The van der Waals surface area contributed by atoms with E-state index in [9.17, 15) is 9.59 Å². The molecule has 1 aliphatic rings. The molecule has 7 heteroatoms. The fraction of sp³-hybridized carbons (Fsp3) is 0.222. The minimum atomic E-state index is -0.679. The van der Waals surface area contributed by atoms with E-state index in [4.69, 9.17) is 9.72 Å². The summed E-state index contributed by atoms with van der Waals surface area (Å²) >= 11 is 0. The Bertz CT molecular complexity index is 1380. The van der Waals surface area contributed by atoms with Crippen LogP contribution in [-0.2, 0) is 29.5 Å². The maximum Gasteiger partial charge on any atom is 0.265 e. The van der Waals surface area contributed by atoms with Crippen LogP contribution in [-0.4, -0.2) is 34.0 Å². The molecule has 0 aliphatic carbocycles. The van der Waals surface area contributed by atoms with Gasteiger partial charge in [-0.2, -0.15) is 0 Å². The fourth-order valence-corrected chi connectivity index (χ4v) is 4.39. The number of anilines is 2. The Morgan fingerprint density at radius 3 is 2.71 bits per heavy atom. The first-order chi connectivity index (χ1) is 16.5. The molecule has 2 heterocycles. The third-order valence-corrected chi connectivity index (χ3v) is 6.22. The molecule has 2 amide bonds. The van der Waals surface area contributed by atoms with Crippen LogP contribution in [0.3, 0.4) is 0 Å². The van der Waals surface area contributed by atoms with E-state index >= 15 is 0 Å². The molecule has 0 saturated heterocycles. The standard InChI is InChI=1S/C27H26N4O3/c1-18(31-23-12-5-6-13-24(23)34-17-26(31)32)27(33)28-20-9-7-8-19(16-20)14-15-25-29-21-10-3-4-11-22(21)30(25)2/h3-13,16,18H,14-15,17H2,1-2H3,(H,28,33)/t18-/m1/s1. The van der Waals surface area contributed by atoms with Crippen molar-refractivity contribution >= 4 is 34.2 Å². The van der Waals surface area contributed by atoms with Crippen molar-refractivity contribution < 1.29 is 14.3 Å². The lowest BCUT2D eigenvalue weighted by atomic mass is 10.1. The van der Waals surface area contributed by atoms with Crippen molar-refractivity contribution in [1.82, 2.24) is 9.55 Å². The molecule has 0 saturated carbocycles. The van der Waals surface area contributed by atoms with Gasteiger partial charge in [-0.25, -0.2) is 4.98 Å². The number of hydrogen-bond donors (Lipinski definition) is 1. The lowest BCUT2D eigenvalue weighted by molar-refractivity contribution is -0.125. The molecule has 7 nitrogen and oxygen atoms in total. The lowest BCUT2D eigenvalue weighted by Crippen LogP contribution is -2.49. The number of fused-ring (bicyclic) bond motifs is 2. The fourth-order valence-electron chi connectivity index (χ4n) is 4.39. The number of hydrogen-bond acceptors (Lipinski definition) is 4. The number of amides is 2. The van der Waals surface area contributed by atoms with Crippen molar-refractivity contribution in [2.45, 2.75) is 25.8 Å². The topological polar surface area (TPSA) is 76.5 Å². The Kier molecular flexibility index (Phi) is 5.76. The van der Waals surface area contributed by atoms with Gasteiger partial charge in [0.2, 0.25) is 5.91 Å². The van der Waals surface area contributed by atoms with Crippen molar-refractivity contribution in [3.63, 3.8) is 0 Å². The van der Waals surface area contributed by atoms with Gasteiger partial charge in [-0.05, 0) is 55.3 Å². The highest BCUT2D eigenvalue weighted by molar-refractivity contribution is 6.06. The zero-order chi connectivity index (χ0) is 23.7. The molecule has 1 N–H and O–H groups in total. The summed E-state index contributed by atoms with van der Waals surface area (Å²) in [6.45, 7) is 1.65. The number of nitrogens with one attached hydrogen (secondary N) is 1. The SMILES string of the molecule is C[C@H](C(=O)Nc1cccc(CCc2nc3ccccc3n2C)c1)N1C(=O)COc2ccccc21. The molecule has 0 spiro atoms. The van der Waals surface area contributed by atoms with Crippen LogP contribution in [0.25, 0.3) is 11.0 Å². The normalized spacial score (nSPS) is 13.9. The molecule has 0 radical (unpaired) electrons. The van der Waals surface area contributed by atoms with Crippen molar-refractivity contribution in [3.05, 3.63) is 84.2 Å². The quantitative estimate of drug-likeness (QED) is 0.476. The summed E-state index contributed by atoms with van der Waals surface area (Å²) in [4.78, 5) is 31.8. The molecule has 0 bridgehead atoms. The van der Waals surface area contributed by atoms with Gasteiger partial charge in [-0.3, -0.25) is 14.5 Å². The number of carbonyl (C=O) groups excluding carboxylic acids is 2. The van der Waals surface area contributed by atoms with E-state index in [2.05, 4.69) is 16.0 Å². The first kappa shape index (κ1) is 21.7. The summed E-state index contributed by atoms with van der Waals surface area (Å²) in [5.74, 6) is 1.13. The molecule has 4 aromatic rings. The minimum absolute atomic E-state index is 0.0771. The zero-order valence-electron chi connectivity index (χ0n) is 19.2. The number of aryl methyl sites for hydroxylation is 3. The van der Waals surface area contributed by atoms with Gasteiger partial charge < -0.3 is 14.6 Å². The largest absolute Gasteiger partial charge is 0.482 e. The Morgan fingerprint density at radius 1 is 1.06 bits per heavy atom. The van der Waals surface area contributed by atoms with Gasteiger partial charge in [-0.1, -0.05) is 36.4 Å².